The third-order valence-electron chi connectivity index (χ3n) is 4.08. The topological polar surface area (TPSA) is 15.3 Å². The van der Waals surface area contributed by atoms with Gasteiger partial charge in [-0.1, -0.05) is 35.9 Å². The van der Waals surface area contributed by atoms with Crippen LogP contribution in [-0.2, 0) is 6.42 Å². The van der Waals surface area contributed by atoms with Crippen LogP contribution in [-0.4, -0.2) is 13.6 Å². The number of nitrogens with zero attached hydrogens (tertiary/aromatic N) is 1. The third-order valence-corrected chi connectivity index (χ3v) is 4.41. The first-order valence-electron chi connectivity index (χ1n) is 7.03. The highest BCUT2D eigenvalue weighted by Gasteiger charge is 2.20. The minimum absolute atomic E-state index is 0.266. The molecule has 2 nitrogen and oxygen atoms in total. The summed E-state index contributed by atoms with van der Waals surface area (Å²) in [6.45, 7) is 3.14. The molecule has 0 spiro atoms. The van der Waals surface area contributed by atoms with E-state index in [2.05, 4.69) is 59.6 Å². The molecular weight excluding hydrogens is 268 g/mol. The lowest BCUT2D eigenvalue weighted by molar-refractivity contribution is 0.652. The molecule has 104 valence electrons. The Balaban J connectivity index is 1.95. The van der Waals surface area contributed by atoms with Gasteiger partial charge in [0.1, 0.15) is 0 Å². The standard InChI is InChI=1S/C17H19ClN2/c1-12(19-2)15-8-7-14(11-16(15)18)20-10-9-13-5-3-4-6-17(13)20/h3-8,11-12,19H,9-10H2,1-2H3. The molecule has 0 fully saturated rings. The fourth-order valence-corrected chi connectivity index (χ4v) is 3.14. The van der Waals surface area contributed by atoms with Gasteiger partial charge in [-0.3, -0.25) is 0 Å². The number of rotatable bonds is 3. The van der Waals surface area contributed by atoms with Crippen LogP contribution in [0.1, 0.15) is 24.1 Å². The summed E-state index contributed by atoms with van der Waals surface area (Å²) < 4.78 is 0. The minimum Gasteiger partial charge on any atom is -0.341 e. The SMILES string of the molecule is CNC(C)c1ccc(N2CCc3ccccc32)cc1Cl. The van der Waals surface area contributed by atoms with Crippen molar-refractivity contribution in [3.8, 4) is 0 Å². The van der Waals surface area contributed by atoms with Crippen LogP contribution < -0.4 is 10.2 Å². The molecule has 3 rings (SSSR count). The van der Waals surface area contributed by atoms with Crippen LogP contribution in [0.5, 0.6) is 0 Å². The zero-order chi connectivity index (χ0) is 14.1. The van der Waals surface area contributed by atoms with E-state index in [9.17, 15) is 0 Å². The van der Waals surface area contributed by atoms with E-state index in [0.29, 0.717) is 0 Å². The van der Waals surface area contributed by atoms with Crippen LogP contribution in [0, 0.1) is 0 Å². The number of para-hydroxylation sites is 1. The molecule has 0 saturated heterocycles. The second-order valence-corrected chi connectivity index (χ2v) is 5.65. The number of fused-ring (bicyclic) bond motifs is 1. The molecule has 2 aromatic carbocycles. The van der Waals surface area contributed by atoms with E-state index in [1.807, 2.05) is 7.05 Å². The van der Waals surface area contributed by atoms with Crippen molar-refractivity contribution in [2.24, 2.45) is 0 Å². The summed E-state index contributed by atoms with van der Waals surface area (Å²) >= 11 is 6.44. The largest absolute Gasteiger partial charge is 0.341 e. The number of hydrogen-bond donors (Lipinski definition) is 1. The van der Waals surface area contributed by atoms with Gasteiger partial charge >= 0.3 is 0 Å². The summed E-state index contributed by atoms with van der Waals surface area (Å²) in [6, 6.07) is 15.2. The Morgan fingerprint density at radius 2 is 2.00 bits per heavy atom. The lowest BCUT2D eigenvalue weighted by Gasteiger charge is -2.21. The zero-order valence-electron chi connectivity index (χ0n) is 11.9. The van der Waals surface area contributed by atoms with E-state index in [1.54, 1.807) is 0 Å². The highest BCUT2D eigenvalue weighted by Crippen LogP contribution is 2.36. The highest BCUT2D eigenvalue weighted by atomic mass is 35.5. The van der Waals surface area contributed by atoms with Crippen molar-refractivity contribution >= 4 is 23.0 Å². The first kappa shape index (κ1) is 13.5. The maximum atomic E-state index is 6.44. The summed E-state index contributed by atoms with van der Waals surface area (Å²) in [5.74, 6) is 0. The van der Waals surface area contributed by atoms with Crippen LogP contribution >= 0.6 is 11.6 Å². The quantitative estimate of drug-likeness (QED) is 0.904. The van der Waals surface area contributed by atoms with Crippen LogP contribution in [0.15, 0.2) is 42.5 Å². The van der Waals surface area contributed by atoms with Crippen molar-refractivity contribution in [3.05, 3.63) is 58.6 Å². The van der Waals surface area contributed by atoms with Gasteiger partial charge < -0.3 is 10.2 Å². The lowest BCUT2D eigenvalue weighted by Crippen LogP contribution is -2.15. The van der Waals surface area contributed by atoms with Crippen LogP contribution in [0.25, 0.3) is 0 Å². The highest BCUT2D eigenvalue weighted by molar-refractivity contribution is 6.31. The van der Waals surface area contributed by atoms with E-state index in [4.69, 9.17) is 11.6 Å². The van der Waals surface area contributed by atoms with Crippen molar-refractivity contribution in [1.29, 1.82) is 0 Å². The fraction of sp³-hybridized carbons (Fsp3) is 0.294. The predicted molar refractivity (Wildman–Crippen MR) is 86.1 cm³/mol. The maximum Gasteiger partial charge on any atom is 0.0474 e. The second-order valence-electron chi connectivity index (χ2n) is 5.25. The van der Waals surface area contributed by atoms with Crippen molar-refractivity contribution in [3.63, 3.8) is 0 Å². The third kappa shape index (κ3) is 2.30. The summed E-state index contributed by atoms with van der Waals surface area (Å²) in [5, 5.41) is 4.06. The number of nitrogens with one attached hydrogen (secondary N) is 1. The molecular formula is C17H19ClN2. The molecule has 0 bridgehead atoms. The van der Waals surface area contributed by atoms with Gasteiger partial charge in [-0.25, -0.2) is 0 Å². The molecule has 1 heterocycles. The zero-order valence-corrected chi connectivity index (χ0v) is 12.6. The molecule has 1 aliphatic heterocycles. The van der Waals surface area contributed by atoms with Gasteiger partial charge in [0.05, 0.1) is 0 Å². The number of benzene rings is 2. The van der Waals surface area contributed by atoms with E-state index in [1.165, 1.54) is 16.9 Å². The normalized spacial score (nSPS) is 15.2. The van der Waals surface area contributed by atoms with E-state index < -0.39 is 0 Å². The molecule has 0 aliphatic carbocycles. The molecule has 0 saturated carbocycles. The number of halogens is 1. The van der Waals surface area contributed by atoms with Crippen molar-refractivity contribution in [2.45, 2.75) is 19.4 Å². The van der Waals surface area contributed by atoms with Crippen molar-refractivity contribution < 1.29 is 0 Å². The Morgan fingerprint density at radius 1 is 1.20 bits per heavy atom. The van der Waals surface area contributed by atoms with Crippen molar-refractivity contribution in [2.75, 3.05) is 18.5 Å². The van der Waals surface area contributed by atoms with Gasteiger partial charge in [-0.2, -0.15) is 0 Å². The molecule has 1 unspecified atom stereocenters. The smallest absolute Gasteiger partial charge is 0.0474 e. The van der Waals surface area contributed by atoms with E-state index in [0.717, 1.165) is 23.6 Å². The Kier molecular flexibility index (Phi) is 3.68. The maximum absolute atomic E-state index is 6.44. The summed E-state index contributed by atoms with van der Waals surface area (Å²) in [7, 11) is 1.95. The summed E-state index contributed by atoms with van der Waals surface area (Å²) in [5.41, 5.74) is 5.03. The molecule has 0 radical (unpaired) electrons. The Morgan fingerprint density at radius 3 is 2.75 bits per heavy atom. The molecule has 1 aliphatic rings. The second kappa shape index (κ2) is 5.47. The number of anilines is 2. The fourth-order valence-electron chi connectivity index (χ4n) is 2.80. The molecule has 0 aromatic heterocycles. The van der Waals surface area contributed by atoms with Crippen LogP contribution in [0.4, 0.5) is 11.4 Å². The van der Waals surface area contributed by atoms with Gasteiger partial charge in [-0.05, 0) is 49.7 Å². The lowest BCUT2D eigenvalue weighted by atomic mass is 10.1. The summed E-state index contributed by atoms with van der Waals surface area (Å²) in [6.07, 6.45) is 1.10. The Hall–Kier alpha value is -1.51. The van der Waals surface area contributed by atoms with Crippen LogP contribution in [0.2, 0.25) is 5.02 Å². The first-order valence-corrected chi connectivity index (χ1v) is 7.40. The average molecular weight is 287 g/mol. The molecule has 1 N–H and O–H groups in total. The average Bonchev–Trinajstić information content (AvgIpc) is 2.90. The van der Waals surface area contributed by atoms with Gasteiger partial charge in [0.25, 0.3) is 0 Å². The predicted octanol–water partition coefficient (Wildman–Crippen LogP) is 4.31. The molecule has 1 atom stereocenters. The summed E-state index contributed by atoms with van der Waals surface area (Å²) in [4.78, 5) is 2.34. The Labute approximate surface area is 125 Å². The van der Waals surface area contributed by atoms with Gasteiger partial charge in [-0.15, -0.1) is 0 Å². The molecule has 3 heteroatoms. The van der Waals surface area contributed by atoms with Gasteiger partial charge in [0, 0.05) is 29.0 Å². The first-order chi connectivity index (χ1) is 9.70. The van der Waals surface area contributed by atoms with Crippen LogP contribution in [0.3, 0.4) is 0 Å². The number of hydrogen-bond acceptors (Lipinski definition) is 2. The van der Waals surface area contributed by atoms with Crippen molar-refractivity contribution in [1.82, 2.24) is 5.32 Å². The van der Waals surface area contributed by atoms with Gasteiger partial charge in [0.15, 0.2) is 0 Å². The minimum atomic E-state index is 0.266. The van der Waals surface area contributed by atoms with E-state index in [-0.39, 0.29) is 6.04 Å². The molecule has 0 amide bonds. The monoisotopic (exact) mass is 286 g/mol. The molecule has 20 heavy (non-hydrogen) atoms. The Bertz CT molecular complexity index is 624. The van der Waals surface area contributed by atoms with E-state index >= 15 is 0 Å². The molecule has 2 aromatic rings. The van der Waals surface area contributed by atoms with Gasteiger partial charge in [0.2, 0.25) is 0 Å².